The zero-order valence-electron chi connectivity index (χ0n) is 17.5. The molecule has 5 N–H and O–H groups in total. The highest BCUT2D eigenvalue weighted by molar-refractivity contribution is 9.10. The van der Waals surface area contributed by atoms with Crippen molar-refractivity contribution in [3.8, 4) is 5.75 Å². The maximum absolute atomic E-state index is 13.2. The quantitative estimate of drug-likeness (QED) is 0.356. The standard InChI is InChI=1S/C22H19BrN4O7/c23-7-1-4-13(28)11(5-7)14-8-2-3-9-15(19(31)26(17(9)29)21(24)33)10(8)6-12-16(14)20(32)27(18(12)30)22(25)34/h1-2,4-5,9-10,12,14-16,28H,3,6H2,(H2,24,33)(H2,25,34)/t9-,10+,12+,14+,15-,16+/m0/s1. The number of imide groups is 6. The maximum Gasteiger partial charge on any atom is 0.328 e. The molecule has 8 amide bonds. The van der Waals surface area contributed by atoms with Gasteiger partial charge in [0.25, 0.3) is 0 Å². The molecule has 1 aromatic carbocycles. The van der Waals surface area contributed by atoms with Crippen LogP contribution in [0.4, 0.5) is 9.59 Å². The van der Waals surface area contributed by atoms with Crippen LogP contribution in [0.15, 0.2) is 34.3 Å². The van der Waals surface area contributed by atoms with Crippen molar-refractivity contribution in [1.29, 1.82) is 0 Å². The fourth-order valence-corrected chi connectivity index (χ4v) is 6.52. The first kappa shape index (κ1) is 22.3. The summed E-state index contributed by atoms with van der Waals surface area (Å²) in [4.78, 5) is 76.7. The number of amides is 8. The lowest BCUT2D eigenvalue weighted by Crippen LogP contribution is -2.44. The molecule has 2 aliphatic heterocycles. The first-order valence-corrected chi connectivity index (χ1v) is 11.4. The zero-order chi connectivity index (χ0) is 24.6. The van der Waals surface area contributed by atoms with Crippen LogP contribution >= 0.6 is 15.9 Å². The molecule has 0 spiro atoms. The molecule has 1 saturated carbocycles. The summed E-state index contributed by atoms with van der Waals surface area (Å²) in [5.74, 6) is -8.51. The number of halogens is 1. The second-order valence-electron chi connectivity index (χ2n) is 8.93. The maximum atomic E-state index is 13.2. The molecule has 176 valence electrons. The van der Waals surface area contributed by atoms with Crippen molar-refractivity contribution in [2.75, 3.05) is 0 Å². The van der Waals surface area contributed by atoms with Crippen molar-refractivity contribution >= 4 is 51.6 Å². The van der Waals surface area contributed by atoms with E-state index in [1.165, 1.54) is 6.07 Å². The predicted molar refractivity (Wildman–Crippen MR) is 116 cm³/mol. The van der Waals surface area contributed by atoms with Crippen molar-refractivity contribution in [2.45, 2.75) is 18.8 Å². The Balaban J connectivity index is 1.68. The Kier molecular flexibility index (Phi) is 4.90. The number of phenols is 1. The minimum absolute atomic E-state index is 0.00288. The monoisotopic (exact) mass is 530 g/mol. The summed E-state index contributed by atoms with van der Waals surface area (Å²) in [6.07, 6.45) is 1.85. The van der Waals surface area contributed by atoms with Gasteiger partial charge in [-0.25, -0.2) is 9.59 Å². The number of phenolic OH excluding ortho intramolecular Hbond substituents is 1. The van der Waals surface area contributed by atoms with Gasteiger partial charge in [0.2, 0.25) is 23.6 Å². The Hall–Kier alpha value is -3.54. The molecule has 2 saturated heterocycles. The predicted octanol–water partition coefficient (Wildman–Crippen LogP) is 0.948. The summed E-state index contributed by atoms with van der Waals surface area (Å²) < 4.78 is 0.601. The van der Waals surface area contributed by atoms with Crippen LogP contribution in [-0.4, -0.2) is 50.6 Å². The number of aromatic hydroxyl groups is 1. The molecule has 5 rings (SSSR count). The molecule has 12 heteroatoms. The summed E-state index contributed by atoms with van der Waals surface area (Å²) in [5.41, 5.74) is 11.5. The molecule has 0 radical (unpaired) electrons. The molecule has 6 atom stereocenters. The molecule has 34 heavy (non-hydrogen) atoms. The van der Waals surface area contributed by atoms with Gasteiger partial charge in [-0.05, 0) is 37.0 Å². The van der Waals surface area contributed by atoms with Gasteiger partial charge in [0.1, 0.15) is 5.75 Å². The molecule has 2 aliphatic carbocycles. The molecule has 0 bridgehead atoms. The van der Waals surface area contributed by atoms with Crippen LogP contribution in [0.5, 0.6) is 5.75 Å². The molecule has 11 nitrogen and oxygen atoms in total. The molecule has 0 unspecified atom stereocenters. The van der Waals surface area contributed by atoms with Crippen LogP contribution in [0, 0.1) is 29.6 Å². The molecular formula is C22H19BrN4O7. The number of hydrogen-bond donors (Lipinski definition) is 3. The van der Waals surface area contributed by atoms with Gasteiger partial charge in [0, 0.05) is 16.0 Å². The number of carbonyl (C=O) groups excluding carboxylic acids is 6. The highest BCUT2D eigenvalue weighted by atomic mass is 79.9. The van der Waals surface area contributed by atoms with Crippen molar-refractivity contribution in [2.24, 2.45) is 41.1 Å². The highest BCUT2D eigenvalue weighted by Crippen LogP contribution is 2.58. The number of rotatable bonds is 1. The van der Waals surface area contributed by atoms with Gasteiger partial charge in [-0.3, -0.25) is 19.2 Å². The molecule has 0 aromatic heterocycles. The van der Waals surface area contributed by atoms with Gasteiger partial charge in [-0.1, -0.05) is 27.6 Å². The van der Waals surface area contributed by atoms with Gasteiger partial charge < -0.3 is 16.6 Å². The summed E-state index contributed by atoms with van der Waals surface area (Å²) in [7, 11) is 0. The normalized spacial score (nSPS) is 32.3. The summed E-state index contributed by atoms with van der Waals surface area (Å²) in [6, 6.07) is 2.25. The van der Waals surface area contributed by atoms with E-state index < -0.39 is 71.2 Å². The van der Waals surface area contributed by atoms with Crippen LogP contribution in [0.2, 0.25) is 0 Å². The van der Waals surface area contributed by atoms with Crippen LogP contribution in [0.3, 0.4) is 0 Å². The van der Waals surface area contributed by atoms with E-state index in [1.807, 2.05) is 0 Å². The largest absolute Gasteiger partial charge is 0.508 e. The van der Waals surface area contributed by atoms with E-state index in [-0.39, 0.29) is 18.6 Å². The average Bonchev–Trinajstić information content (AvgIpc) is 3.18. The van der Waals surface area contributed by atoms with Crippen molar-refractivity contribution < 1.29 is 33.9 Å². The van der Waals surface area contributed by atoms with E-state index in [0.717, 1.165) is 0 Å². The molecule has 3 fully saturated rings. The lowest BCUT2D eigenvalue weighted by Gasteiger charge is -2.44. The van der Waals surface area contributed by atoms with E-state index in [1.54, 1.807) is 18.2 Å². The summed E-state index contributed by atoms with van der Waals surface area (Å²) in [6.45, 7) is 0. The number of hydrogen-bond acceptors (Lipinski definition) is 7. The number of fused-ring (bicyclic) bond motifs is 4. The second kappa shape index (κ2) is 7.49. The number of allylic oxidation sites excluding steroid dienone is 2. The number of urea groups is 2. The Labute approximate surface area is 200 Å². The van der Waals surface area contributed by atoms with Crippen LogP contribution in [0.25, 0.3) is 0 Å². The lowest BCUT2D eigenvalue weighted by atomic mass is 9.57. The Morgan fingerprint density at radius 3 is 2.09 bits per heavy atom. The van der Waals surface area contributed by atoms with E-state index in [2.05, 4.69) is 15.9 Å². The number of likely N-dealkylation sites (tertiary alicyclic amines) is 2. The summed E-state index contributed by atoms with van der Waals surface area (Å²) in [5, 5.41) is 10.7. The number of nitrogens with zero attached hydrogens (tertiary/aromatic N) is 2. The van der Waals surface area contributed by atoms with E-state index in [9.17, 15) is 33.9 Å². The van der Waals surface area contributed by atoms with Gasteiger partial charge in [-0.15, -0.1) is 0 Å². The van der Waals surface area contributed by atoms with E-state index in [4.69, 9.17) is 11.5 Å². The van der Waals surface area contributed by atoms with Gasteiger partial charge in [0.05, 0.1) is 23.7 Å². The minimum Gasteiger partial charge on any atom is -0.508 e. The Morgan fingerprint density at radius 2 is 1.47 bits per heavy atom. The molecular weight excluding hydrogens is 512 g/mol. The lowest BCUT2D eigenvalue weighted by molar-refractivity contribution is -0.138. The third-order valence-electron chi connectivity index (χ3n) is 7.41. The molecule has 1 aromatic rings. The average molecular weight is 531 g/mol. The smallest absolute Gasteiger partial charge is 0.328 e. The Morgan fingerprint density at radius 1 is 0.882 bits per heavy atom. The third kappa shape index (κ3) is 2.87. The fourth-order valence-electron chi connectivity index (χ4n) is 6.15. The first-order valence-electron chi connectivity index (χ1n) is 10.6. The topological polar surface area (TPSA) is 181 Å². The SMILES string of the molecule is NC(=O)N1C(=O)[C@H]2[C@H](CC=C3[C@H]2C[C@H]2C(=O)N(C(N)=O)C(=O)[C@H]2[C@H]3c2cc(Br)ccc2O)C1=O. The van der Waals surface area contributed by atoms with Crippen LogP contribution in [-0.2, 0) is 19.2 Å². The van der Waals surface area contributed by atoms with Crippen molar-refractivity contribution in [3.05, 3.63) is 39.9 Å². The number of carbonyl (C=O) groups is 6. The van der Waals surface area contributed by atoms with Crippen LogP contribution < -0.4 is 11.5 Å². The van der Waals surface area contributed by atoms with Gasteiger partial charge in [-0.2, -0.15) is 9.80 Å². The summed E-state index contributed by atoms with van der Waals surface area (Å²) >= 11 is 3.35. The minimum atomic E-state index is -1.21. The fraction of sp³-hybridized carbons (Fsp3) is 0.364. The number of nitrogens with two attached hydrogens (primary N) is 2. The molecule has 4 aliphatic rings. The van der Waals surface area contributed by atoms with Crippen LogP contribution in [0.1, 0.15) is 24.3 Å². The van der Waals surface area contributed by atoms with E-state index >= 15 is 0 Å². The van der Waals surface area contributed by atoms with Gasteiger partial charge >= 0.3 is 12.1 Å². The zero-order valence-corrected chi connectivity index (χ0v) is 19.1. The number of primary amides is 2. The second-order valence-corrected chi connectivity index (χ2v) is 9.84. The van der Waals surface area contributed by atoms with Gasteiger partial charge in [0.15, 0.2) is 0 Å². The molecule has 2 heterocycles. The number of benzene rings is 1. The highest BCUT2D eigenvalue weighted by Gasteiger charge is 2.63. The first-order chi connectivity index (χ1) is 16.0. The van der Waals surface area contributed by atoms with E-state index in [0.29, 0.717) is 25.4 Å². The van der Waals surface area contributed by atoms with Crippen molar-refractivity contribution in [1.82, 2.24) is 9.80 Å². The third-order valence-corrected chi connectivity index (χ3v) is 7.91. The van der Waals surface area contributed by atoms with Crippen molar-refractivity contribution in [3.63, 3.8) is 0 Å². The Bertz CT molecular complexity index is 1240.